The summed E-state index contributed by atoms with van der Waals surface area (Å²) in [6.45, 7) is 3.15. The van der Waals surface area contributed by atoms with Gasteiger partial charge in [-0.3, -0.25) is 9.69 Å². The third kappa shape index (κ3) is 2.51. The van der Waals surface area contributed by atoms with Gasteiger partial charge >= 0.3 is 6.03 Å². The van der Waals surface area contributed by atoms with E-state index in [1.165, 1.54) is 4.90 Å². The van der Waals surface area contributed by atoms with Gasteiger partial charge in [0, 0.05) is 18.5 Å². The number of carbonyl (C=O) groups excluding carboxylic acids is 2. The minimum Gasteiger partial charge on any atom is -0.493 e. The zero-order valence-electron chi connectivity index (χ0n) is 14.5. The van der Waals surface area contributed by atoms with Crippen molar-refractivity contribution in [1.82, 2.24) is 30.4 Å². The van der Waals surface area contributed by atoms with E-state index in [4.69, 9.17) is 4.74 Å². The van der Waals surface area contributed by atoms with Gasteiger partial charge in [0.25, 0.3) is 5.91 Å². The van der Waals surface area contributed by atoms with Crippen molar-refractivity contribution in [1.29, 1.82) is 0 Å². The molecule has 4 rings (SSSR count). The molecular weight excluding hydrogens is 336 g/mol. The number of aryl methyl sites for hydroxylation is 1. The number of nitrogens with zero attached hydrogens (tertiary/aromatic N) is 5. The van der Waals surface area contributed by atoms with Crippen molar-refractivity contribution < 1.29 is 14.3 Å². The van der Waals surface area contributed by atoms with Crippen LogP contribution in [-0.2, 0) is 23.4 Å². The number of amides is 3. The van der Waals surface area contributed by atoms with Crippen molar-refractivity contribution >= 4 is 11.9 Å². The lowest BCUT2D eigenvalue weighted by Crippen LogP contribution is -2.47. The minimum atomic E-state index is -1.08. The predicted octanol–water partition coefficient (Wildman–Crippen LogP) is 1.20. The van der Waals surface area contributed by atoms with Crippen LogP contribution in [0.15, 0.2) is 24.3 Å². The van der Waals surface area contributed by atoms with E-state index in [9.17, 15) is 9.59 Å². The molecule has 0 saturated carbocycles. The highest BCUT2D eigenvalue weighted by molar-refractivity contribution is 6.07. The molecular formula is C17H20N6O3. The number of para-hydroxylation sites is 1. The predicted molar refractivity (Wildman–Crippen MR) is 90.0 cm³/mol. The summed E-state index contributed by atoms with van der Waals surface area (Å²) in [7, 11) is 0. The lowest BCUT2D eigenvalue weighted by Gasteiger charge is -2.33. The number of aromatic nitrogens is 4. The molecule has 26 heavy (non-hydrogen) atoms. The molecule has 0 radical (unpaired) electrons. The molecule has 136 valence electrons. The van der Waals surface area contributed by atoms with Gasteiger partial charge in [-0.25, -0.2) is 9.48 Å². The van der Waals surface area contributed by atoms with Crippen LogP contribution in [-0.4, -0.2) is 43.7 Å². The summed E-state index contributed by atoms with van der Waals surface area (Å²) < 4.78 is 7.29. The van der Waals surface area contributed by atoms with Crippen LogP contribution in [0.2, 0.25) is 0 Å². The number of rotatable bonds is 5. The van der Waals surface area contributed by atoms with Gasteiger partial charge in [-0.2, -0.15) is 0 Å². The van der Waals surface area contributed by atoms with Crippen molar-refractivity contribution in [2.45, 2.75) is 44.8 Å². The summed E-state index contributed by atoms with van der Waals surface area (Å²) in [6.07, 6.45) is 2.32. The van der Waals surface area contributed by atoms with Crippen LogP contribution < -0.4 is 10.1 Å². The van der Waals surface area contributed by atoms with Crippen LogP contribution in [0.4, 0.5) is 4.79 Å². The number of fused-ring (bicyclic) bond motifs is 2. The fourth-order valence-electron chi connectivity index (χ4n) is 3.47. The molecule has 1 saturated heterocycles. The first kappa shape index (κ1) is 16.5. The van der Waals surface area contributed by atoms with Crippen molar-refractivity contribution in [2.24, 2.45) is 0 Å². The topological polar surface area (TPSA) is 102 Å². The maximum atomic E-state index is 13.2. The Balaban J connectivity index is 1.62. The Morgan fingerprint density at radius 3 is 3.00 bits per heavy atom. The lowest BCUT2D eigenvalue weighted by molar-refractivity contribution is -0.133. The van der Waals surface area contributed by atoms with Crippen molar-refractivity contribution in [3.8, 4) is 5.75 Å². The highest BCUT2D eigenvalue weighted by atomic mass is 16.5. The van der Waals surface area contributed by atoms with E-state index in [1.807, 2.05) is 24.3 Å². The van der Waals surface area contributed by atoms with Crippen LogP contribution in [0.1, 0.15) is 37.6 Å². The summed E-state index contributed by atoms with van der Waals surface area (Å²) in [5.74, 6) is 0.838. The number of ether oxygens (including phenoxy) is 1. The van der Waals surface area contributed by atoms with Gasteiger partial charge in [0.05, 0.1) is 13.2 Å². The summed E-state index contributed by atoms with van der Waals surface area (Å²) >= 11 is 0. The fraction of sp³-hybridized carbons (Fsp3) is 0.471. The number of nitrogens with one attached hydrogen (secondary N) is 1. The van der Waals surface area contributed by atoms with Crippen molar-refractivity contribution in [2.75, 3.05) is 6.61 Å². The second-order valence-electron chi connectivity index (χ2n) is 6.49. The van der Waals surface area contributed by atoms with Crippen LogP contribution in [0.25, 0.3) is 0 Å². The molecule has 1 atom stereocenters. The van der Waals surface area contributed by atoms with Gasteiger partial charge in [0.15, 0.2) is 11.4 Å². The summed E-state index contributed by atoms with van der Waals surface area (Å²) in [5, 5.41) is 14.5. The molecule has 0 bridgehead atoms. The average molecular weight is 356 g/mol. The third-order valence-electron chi connectivity index (χ3n) is 4.89. The molecule has 9 heteroatoms. The molecule has 0 aliphatic carbocycles. The first-order valence-electron chi connectivity index (χ1n) is 8.77. The van der Waals surface area contributed by atoms with Gasteiger partial charge < -0.3 is 10.1 Å². The normalized spacial score (nSPS) is 21.7. The van der Waals surface area contributed by atoms with E-state index in [2.05, 4.69) is 27.8 Å². The first-order valence-corrected chi connectivity index (χ1v) is 8.77. The summed E-state index contributed by atoms with van der Waals surface area (Å²) in [6, 6.07) is 6.88. The summed E-state index contributed by atoms with van der Waals surface area (Å²) in [4.78, 5) is 27.0. The van der Waals surface area contributed by atoms with Gasteiger partial charge in [-0.1, -0.05) is 31.5 Å². The van der Waals surface area contributed by atoms with Crippen LogP contribution in [0.3, 0.4) is 0 Å². The molecule has 1 N–H and O–H groups in total. The smallest absolute Gasteiger partial charge is 0.325 e. The van der Waals surface area contributed by atoms with Crippen LogP contribution in [0.5, 0.6) is 5.75 Å². The minimum absolute atomic E-state index is 0.0478. The second kappa shape index (κ2) is 6.40. The number of benzene rings is 1. The molecule has 2 aromatic rings. The van der Waals surface area contributed by atoms with E-state index in [1.54, 1.807) is 4.68 Å². The largest absolute Gasteiger partial charge is 0.493 e. The number of unbranched alkanes of at least 4 members (excludes halogenated alkanes) is 1. The van der Waals surface area contributed by atoms with Gasteiger partial charge in [0.1, 0.15) is 5.75 Å². The van der Waals surface area contributed by atoms with E-state index in [-0.39, 0.29) is 12.5 Å². The molecule has 2 aliphatic rings. The van der Waals surface area contributed by atoms with E-state index < -0.39 is 11.6 Å². The van der Waals surface area contributed by atoms with E-state index in [0.717, 1.165) is 12.8 Å². The van der Waals surface area contributed by atoms with Gasteiger partial charge in [0.2, 0.25) is 0 Å². The Kier molecular flexibility index (Phi) is 4.06. The van der Waals surface area contributed by atoms with E-state index in [0.29, 0.717) is 36.7 Å². The molecule has 3 amide bonds. The Bertz CT molecular complexity index is 851. The Hall–Kier alpha value is -2.97. The van der Waals surface area contributed by atoms with Crippen LogP contribution in [0, 0.1) is 0 Å². The number of imide groups is 1. The lowest BCUT2D eigenvalue weighted by atomic mass is 9.84. The zero-order valence-corrected chi connectivity index (χ0v) is 14.5. The number of urea groups is 1. The second-order valence-corrected chi connectivity index (χ2v) is 6.49. The molecule has 1 fully saturated rings. The summed E-state index contributed by atoms with van der Waals surface area (Å²) in [5.41, 5.74) is -0.383. The Labute approximate surface area is 150 Å². The molecule has 1 aromatic carbocycles. The molecule has 9 nitrogen and oxygen atoms in total. The standard InChI is InChI=1S/C17H20N6O3/c1-2-3-9-23-14(19-20-21-23)11-22-15(24)17(18-16(22)25)8-10-26-13-7-5-4-6-12(13)17/h4-7H,2-3,8-11H2,1H3,(H,18,25)/t17-/m0/s1. The zero-order chi connectivity index (χ0) is 18.1. The highest BCUT2D eigenvalue weighted by Gasteiger charge is 2.55. The Morgan fingerprint density at radius 2 is 2.15 bits per heavy atom. The van der Waals surface area contributed by atoms with Gasteiger partial charge in [-0.05, 0) is 22.9 Å². The first-order chi connectivity index (χ1) is 12.7. The molecule has 1 spiro atoms. The maximum Gasteiger partial charge on any atom is 0.325 e. The quantitative estimate of drug-likeness (QED) is 0.808. The van der Waals surface area contributed by atoms with Crippen molar-refractivity contribution in [3.05, 3.63) is 35.7 Å². The number of hydrogen-bond acceptors (Lipinski definition) is 6. The number of carbonyl (C=O) groups is 2. The van der Waals surface area contributed by atoms with Crippen LogP contribution >= 0.6 is 0 Å². The number of hydrogen-bond donors (Lipinski definition) is 1. The monoisotopic (exact) mass is 356 g/mol. The molecule has 2 aliphatic heterocycles. The van der Waals surface area contributed by atoms with Gasteiger partial charge in [-0.15, -0.1) is 5.10 Å². The molecule has 0 unspecified atom stereocenters. The SMILES string of the molecule is CCCCn1nnnc1CN1C(=O)N[C@]2(CCOc3ccccc32)C1=O. The fourth-order valence-corrected chi connectivity index (χ4v) is 3.47. The molecule has 3 heterocycles. The molecule has 1 aromatic heterocycles. The highest BCUT2D eigenvalue weighted by Crippen LogP contribution is 2.41. The average Bonchev–Trinajstić information content (AvgIpc) is 3.19. The Morgan fingerprint density at radius 1 is 1.31 bits per heavy atom. The maximum absolute atomic E-state index is 13.2. The third-order valence-corrected chi connectivity index (χ3v) is 4.89. The van der Waals surface area contributed by atoms with Crippen molar-refractivity contribution in [3.63, 3.8) is 0 Å². The number of tetrazole rings is 1. The van der Waals surface area contributed by atoms with E-state index >= 15 is 0 Å².